The summed E-state index contributed by atoms with van der Waals surface area (Å²) in [5, 5.41) is 0. The van der Waals surface area contributed by atoms with Crippen LogP contribution >= 0.6 is 0 Å². The summed E-state index contributed by atoms with van der Waals surface area (Å²) in [5.41, 5.74) is 8.96. The van der Waals surface area contributed by atoms with Crippen LogP contribution in [0.3, 0.4) is 0 Å². The Morgan fingerprint density at radius 1 is 1.47 bits per heavy atom. The Kier molecular flexibility index (Phi) is 2.71. The van der Waals surface area contributed by atoms with E-state index < -0.39 is 0 Å². The molecule has 1 aromatic rings. The highest BCUT2D eigenvalue weighted by atomic mass is 16.5. The van der Waals surface area contributed by atoms with Crippen LogP contribution in [-0.2, 0) is 23.2 Å². The molecule has 2 N–H and O–H groups in total. The first-order chi connectivity index (χ1) is 7.15. The zero-order valence-electron chi connectivity index (χ0n) is 9.29. The van der Waals surface area contributed by atoms with Crippen molar-refractivity contribution in [1.82, 2.24) is 9.97 Å². The molecule has 0 spiro atoms. The normalized spacial score (nSPS) is 16.2. The number of ether oxygens (including phenoxy) is 1. The Morgan fingerprint density at radius 3 is 3.00 bits per heavy atom. The number of rotatable bonds is 2. The summed E-state index contributed by atoms with van der Waals surface area (Å²) in [6.45, 7) is 6.16. The van der Waals surface area contributed by atoms with Gasteiger partial charge in [0.25, 0.3) is 0 Å². The number of nitrogens with zero attached hydrogens (tertiary/aromatic N) is 2. The summed E-state index contributed by atoms with van der Waals surface area (Å²) in [7, 11) is 0. The minimum Gasteiger partial charge on any atom is -0.376 e. The third-order valence-electron chi connectivity index (χ3n) is 2.92. The first-order valence-electron chi connectivity index (χ1n) is 5.26. The second-order valence-electron chi connectivity index (χ2n) is 4.54. The monoisotopic (exact) mass is 207 g/mol. The van der Waals surface area contributed by atoms with Crippen LogP contribution in [0.25, 0.3) is 0 Å². The first kappa shape index (κ1) is 10.5. The minimum absolute atomic E-state index is 0.103. The van der Waals surface area contributed by atoms with Crippen molar-refractivity contribution in [2.24, 2.45) is 5.73 Å². The van der Waals surface area contributed by atoms with Crippen LogP contribution in [0.2, 0.25) is 0 Å². The Bertz CT molecular complexity index is 363. The number of hydrogen-bond acceptors (Lipinski definition) is 4. The molecule has 0 amide bonds. The lowest BCUT2D eigenvalue weighted by Crippen LogP contribution is -2.32. The van der Waals surface area contributed by atoms with E-state index in [4.69, 9.17) is 10.5 Å². The summed E-state index contributed by atoms with van der Waals surface area (Å²) < 4.78 is 5.46. The number of fused-ring (bicyclic) bond motifs is 1. The zero-order chi connectivity index (χ0) is 10.9. The van der Waals surface area contributed by atoms with E-state index in [-0.39, 0.29) is 5.41 Å². The fraction of sp³-hybridized carbons (Fsp3) is 0.636. The predicted molar refractivity (Wildman–Crippen MR) is 57.5 cm³/mol. The molecule has 1 aromatic heterocycles. The lowest BCUT2D eigenvalue weighted by Gasteiger charge is -2.27. The van der Waals surface area contributed by atoms with Gasteiger partial charge in [0.2, 0.25) is 0 Å². The molecule has 0 atom stereocenters. The molecular formula is C11H17N3O. The van der Waals surface area contributed by atoms with Crippen LogP contribution in [0, 0.1) is 0 Å². The highest BCUT2D eigenvalue weighted by Gasteiger charge is 2.27. The molecule has 1 aliphatic rings. The molecule has 0 radical (unpaired) electrons. The summed E-state index contributed by atoms with van der Waals surface area (Å²) >= 11 is 0. The van der Waals surface area contributed by atoms with Crippen LogP contribution in [0.1, 0.15) is 30.8 Å². The van der Waals surface area contributed by atoms with Gasteiger partial charge in [0.1, 0.15) is 6.33 Å². The van der Waals surface area contributed by atoms with E-state index in [0.29, 0.717) is 13.2 Å². The molecule has 2 heterocycles. The van der Waals surface area contributed by atoms with Crippen LogP contribution in [0.5, 0.6) is 0 Å². The van der Waals surface area contributed by atoms with Crippen LogP contribution in [0.15, 0.2) is 6.33 Å². The SMILES string of the molecule is CC(C)(CN)c1ncnc2c1COCC2. The smallest absolute Gasteiger partial charge is 0.115 e. The standard InChI is InChI=1S/C11H17N3O/c1-11(2,6-12)10-8-5-15-4-3-9(8)13-7-14-10/h7H,3-6,12H2,1-2H3. The third-order valence-corrected chi connectivity index (χ3v) is 2.92. The van der Waals surface area contributed by atoms with E-state index in [2.05, 4.69) is 23.8 Å². The summed E-state index contributed by atoms with van der Waals surface area (Å²) in [6.07, 6.45) is 2.52. The van der Waals surface area contributed by atoms with Crippen molar-refractivity contribution in [2.75, 3.05) is 13.2 Å². The summed E-state index contributed by atoms with van der Waals surface area (Å²) in [4.78, 5) is 8.66. The van der Waals surface area contributed by atoms with Gasteiger partial charge < -0.3 is 10.5 Å². The second kappa shape index (κ2) is 3.87. The molecule has 4 heteroatoms. The van der Waals surface area contributed by atoms with Crippen LogP contribution in [0.4, 0.5) is 0 Å². The maximum Gasteiger partial charge on any atom is 0.115 e. The number of aromatic nitrogens is 2. The second-order valence-corrected chi connectivity index (χ2v) is 4.54. The summed E-state index contributed by atoms with van der Waals surface area (Å²) in [5.74, 6) is 0. The number of hydrogen-bond donors (Lipinski definition) is 1. The molecule has 0 bridgehead atoms. The van der Waals surface area contributed by atoms with Gasteiger partial charge in [0, 0.05) is 23.9 Å². The molecule has 0 aliphatic carbocycles. The van der Waals surface area contributed by atoms with Crippen molar-refractivity contribution in [3.8, 4) is 0 Å². The quantitative estimate of drug-likeness (QED) is 0.778. The molecular weight excluding hydrogens is 190 g/mol. The van der Waals surface area contributed by atoms with Gasteiger partial charge in [-0.15, -0.1) is 0 Å². The molecule has 0 unspecified atom stereocenters. The van der Waals surface area contributed by atoms with Gasteiger partial charge in [0.05, 0.1) is 24.6 Å². The van der Waals surface area contributed by atoms with E-state index in [1.165, 1.54) is 0 Å². The highest BCUT2D eigenvalue weighted by Crippen LogP contribution is 2.27. The first-order valence-corrected chi connectivity index (χ1v) is 5.26. The molecule has 2 rings (SSSR count). The molecule has 1 aliphatic heterocycles. The van der Waals surface area contributed by atoms with E-state index in [1.807, 2.05) is 0 Å². The van der Waals surface area contributed by atoms with E-state index in [1.54, 1.807) is 6.33 Å². The lowest BCUT2D eigenvalue weighted by atomic mass is 9.85. The Labute approximate surface area is 89.9 Å². The zero-order valence-corrected chi connectivity index (χ0v) is 9.29. The molecule has 0 aromatic carbocycles. The fourth-order valence-electron chi connectivity index (χ4n) is 1.84. The molecule has 15 heavy (non-hydrogen) atoms. The van der Waals surface area contributed by atoms with Gasteiger partial charge in [-0.1, -0.05) is 13.8 Å². The largest absolute Gasteiger partial charge is 0.376 e. The third kappa shape index (κ3) is 1.87. The maximum absolute atomic E-state index is 5.77. The van der Waals surface area contributed by atoms with Crippen molar-refractivity contribution in [3.63, 3.8) is 0 Å². The van der Waals surface area contributed by atoms with Crippen LogP contribution in [-0.4, -0.2) is 23.1 Å². The molecule has 82 valence electrons. The molecule has 0 saturated carbocycles. The van der Waals surface area contributed by atoms with E-state index in [9.17, 15) is 0 Å². The van der Waals surface area contributed by atoms with Crippen molar-refractivity contribution < 1.29 is 4.74 Å². The van der Waals surface area contributed by atoms with Crippen LogP contribution < -0.4 is 5.73 Å². The van der Waals surface area contributed by atoms with Gasteiger partial charge in [-0.25, -0.2) is 9.97 Å². The summed E-state index contributed by atoms with van der Waals surface area (Å²) in [6, 6.07) is 0. The van der Waals surface area contributed by atoms with E-state index >= 15 is 0 Å². The molecule has 4 nitrogen and oxygen atoms in total. The van der Waals surface area contributed by atoms with E-state index in [0.717, 1.165) is 30.0 Å². The topological polar surface area (TPSA) is 61.0 Å². The maximum atomic E-state index is 5.77. The average molecular weight is 207 g/mol. The van der Waals surface area contributed by atoms with Gasteiger partial charge in [-0.2, -0.15) is 0 Å². The van der Waals surface area contributed by atoms with Crippen molar-refractivity contribution >= 4 is 0 Å². The van der Waals surface area contributed by atoms with Gasteiger partial charge in [0.15, 0.2) is 0 Å². The van der Waals surface area contributed by atoms with Gasteiger partial charge >= 0.3 is 0 Å². The minimum atomic E-state index is -0.103. The Hall–Kier alpha value is -1.00. The van der Waals surface area contributed by atoms with Gasteiger partial charge in [-0.3, -0.25) is 0 Å². The van der Waals surface area contributed by atoms with Gasteiger partial charge in [-0.05, 0) is 0 Å². The molecule has 0 saturated heterocycles. The van der Waals surface area contributed by atoms with Crippen molar-refractivity contribution in [3.05, 3.63) is 23.3 Å². The highest BCUT2D eigenvalue weighted by molar-refractivity contribution is 5.31. The average Bonchev–Trinajstić information content (AvgIpc) is 2.28. The predicted octanol–water partition coefficient (Wildman–Crippen LogP) is 0.786. The Morgan fingerprint density at radius 2 is 2.27 bits per heavy atom. The fourth-order valence-corrected chi connectivity index (χ4v) is 1.84. The lowest BCUT2D eigenvalue weighted by molar-refractivity contribution is 0.107. The molecule has 0 fully saturated rings. The van der Waals surface area contributed by atoms with Crippen molar-refractivity contribution in [1.29, 1.82) is 0 Å². The Balaban J connectivity index is 2.48. The number of nitrogens with two attached hydrogens (primary N) is 1. The van der Waals surface area contributed by atoms with Crippen molar-refractivity contribution in [2.45, 2.75) is 32.3 Å².